The van der Waals surface area contributed by atoms with Gasteiger partial charge in [0, 0.05) is 41.2 Å². The van der Waals surface area contributed by atoms with Crippen LogP contribution in [0.3, 0.4) is 0 Å². The van der Waals surface area contributed by atoms with Gasteiger partial charge in [0.15, 0.2) is 5.60 Å². The molecule has 45 heavy (non-hydrogen) atoms. The van der Waals surface area contributed by atoms with Crippen molar-refractivity contribution in [2.24, 2.45) is 5.92 Å². The third kappa shape index (κ3) is 7.72. The molecule has 1 atom stereocenters. The van der Waals surface area contributed by atoms with E-state index >= 15 is 0 Å². The molecule has 0 aliphatic rings. The molecule has 0 bridgehead atoms. The Hall–Kier alpha value is -4.20. The molecule has 2 N–H and O–H groups in total. The van der Waals surface area contributed by atoms with Crippen LogP contribution in [0.1, 0.15) is 99.7 Å². The first-order chi connectivity index (χ1) is 20.9. The maximum atomic E-state index is 14.7. The number of nitrogens with one attached hydrogen (secondary N) is 1. The van der Waals surface area contributed by atoms with Crippen LogP contribution < -0.4 is 10.1 Å². The van der Waals surface area contributed by atoms with Crippen LogP contribution in [-0.4, -0.2) is 27.2 Å². The van der Waals surface area contributed by atoms with Gasteiger partial charge in [-0.1, -0.05) is 46.8 Å². The SMILES string of the molecule is Cc1c(Cc2cc(F)cc(OC(C)(C)C(=O)O)c2)c2ccc(C(=O)N[C@@H](C)c3cc(F)cc(C(C)(C)C)c3)cc2n1CC(C)C. The Morgan fingerprint density at radius 1 is 0.933 bits per heavy atom. The Bertz CT molecular complexity index is 1750. The predicted molar refractivity (Wildman–Crippen MR) is 174 cm³/mol. The number of aliphatic carboxylic acids is 1. The first-order valence-electron chi connectivity index (χ1n) is 15.3. The largest absolute Gasteiger partial charge is 0.478 e. The molecule has 0 unspecified atom stereocenters. The summed E-state index contributed by atoms with van der Waals surface area (Å²) in [5.41, 5.74) is 3.78. The molecular formula is C37H44F2N2O4. The van der Waals surface area contributed by atoms with Crippen LogP contribution >= 0.6 is 0 Å². The summed E-state index contributed by atoms with van der Waals surface area (Å²) >= 11 is 0. The lowest BCUT2D eigenvalue weighted by Gasteiger charge is -2.22. The maximum Gasteiger partial charge on any atom is 0.347 e. The molecule has 0 saturated heterocycles. The number of benzene rings is 3. The van der Waals surface area contributed by atoms with Crippen LogP contribution in [0, 0.1) is 24.5 Å². The van der Waals surface area contributed by atoms with Gasteiger partial charge in [0.05, 0.1) is 6.04 Å². The molecule has 1 heterocycles. The Balaban J connectivity index is 1.68. The topological polar surface area (TPSA) is 80.6 Å². The molecule has 0 fully saturated rings. The van der Waals surface area contributed by atoms with E-state index in [2.05, 4.69) is 23.7 Å². The number of ether oxygens (including phenoxy) is 1. The maximum absolute atomic E-state index is 14.7. The van der Waals surface area contributed by atoms with Gasteiger partial charge < -0.3 is 19.7 Å². The molecule has 1 aromatic heterocycles. The number of carboxylic acid groups (broad SMARTS) is 1. The minimum absolute atomic E-state index is 0.141. The van der Waals surface area contributed by atoms with E-state index in [1.165, 1.54) is 38.1 Å². The number of aromatic nitrogens is 1. The Morgan fingerprint density at radius 3 is 2.22 bits per heavy atom. The highest BCUT2D eigenvalue weighted by Crippen LogP contribution is 2.32. The van der Waals surface area contributed by atoms with Crippen LogP contribution in [-0.2, 0) is 23.2 Å². The van der Waals surface area contributed by atoms with E-state index in [9.17, 15) is 23.5 Å². The monoisotopic (exact) mass is 618 g/mol. The molecule has 6 nitrogen and oxygen atoms in total. The van der Waals surface area contributed by atoms with Gasteiger partial charge in [-0.05, 0) is 97.7 Å². The minimum atomic E-state index is -1.52. The van der Waals surface area contributed by atoms with Crippen molar-refractivity contribution in [2.75, 3.05) is 0 Å². The van der Waals surface area contributed by atoms with Gasteiger partial charge in [-0.2, -0.15) is 0 Å². The first kappa shape index (κ1) is 33.7. The molecule has 8 heteroatoms. The number of hydrogen-bond acceptors (Lipinski definition) is 3. The van der Waals surface area contributed by atoms with Gasteiger partial charge in [0.2, 0.25) is 0 Å². The molecule has 0 aliphatic carbocycles. The summed E-state index contributed by atoms with van der Waals surface area (Å²) in [7, 11) is 0. The van der Waals surface area contributed by atoms with E-state index in [4.69, 9.17) is 4.74 Å². The second-order valence-electron chi connectivity index (χ2n) is 13.9. The average molecular weight is 619 g/mol. The van der Waals surface area contributed by atoms with Crippen molar-refractivity contribution >= 4 is 22.8 Å². The number of carboxylic acids is 1. The predicted octanol–water partition coefficient (Wildman–Crippen LogP) is 8.51. The van der Waals surface area contributed by atoms with Gasteiger partial charge in [0.25, 0.3) is 5.91 Å². The number of hydrogen-bond donors (Lipinski definition) is 2. The van der Waals surface area contributed by atoms with Gasteiger partial charge in [-0.15, -0.1) is 0 Å². The Morgan fingerprint density at radius 2 is 1.60 bits per heavy atom. The van der Waals surface area contributed by atoms with Gasteiger partial charge in [0.1, 0.15) is 17.4 Å². The normalized spacial score (nSPS) is 12.9. The number of carbonyl (C=O) groups excluding carboxylic acids is 1. The van der Waals surface area contributed by atoms with Gasteiger partial charge in [-0.25, -0.2) is 13.6 Å². The fourth-order valence-corrected chi connectivity index (χ4v) is 5.50. The van der Waals surface area contributed by atoms with E-state index < -0.39 is 23.4 Å². The summed E-state index contributed by atoms with van der Waals surface area (Å²) < 4.78 is 37.0. The van der Waals surface area contributed by atoms with Crippen LogP contribution in [0.15, 0.2) is 54.6 Å². The summed E-state index contributed by atoms with van der Waals surface area (Å²) in [6.07, 6.45) is 0.382. The molecule has 0 spiro atoms. The lowest BCUT2D eigenvalue weighted by molar-refractivity contribution is -0.152. The molecule has 0 radical (unpaired) electrons. The summed E-state index contributed by atoms with van der Waals surface area (Å²) in [6.45, 7) is 17.7. The van der Waals surface area contributed by atoms with Crippen LogP contribution in [0.2, 0.25) is 0 Å². The molecule has 1 amide bonds. The molecule has 3 aromatic carbocycles. The summed E-state index contributed by atoms with van der Waals surface area (Å²) in [6, 6.07) is 14.3. The molecular weight excluding hydrogens is 574 g/mol. The lowest BCUT2D eigenvalue weighted by Crippen LogP contribution is -2.37. The van der Waals surface area contributed by atoms with E-state index in [0.717, 1.165) is 27.7 Å². The number of halogens is 2. The van der Waals surface area contributed by atoms with E-state index in [1.807, 2.05) is 52.8 Å². The van der Waals surface area contributed by atoms with Crippen molar-refractivity contribution < 1.29 is 28.2 Å². The fourth-order valence-electron chi connectivity index (χ4n) is 5.50. The zero-order valence-corrected chi connectivity index (χ0v) is 27.6. The second-order valence-corrected chi connectivity index (χ2v) is 13.9. The summed E-state index contributed by atoms with van der Waals surface area (Å²) in [5, 5.41) is 13.4. The summed E-state index contributed by atoms with van der Waals surface area (Å²) in [4.78, 5) is 25.1. The van der Waals surface area contributed by atoms with Crippen molar-refractivity contribution in [1.29, 1.82) is 0 Å². The highest BCUT2D eigenvalue weighted by Gasteiger charge is 2.30. The van der Waals surface area contributed by atoms with Crippen LogP contribution in [0.4, 0.5) is 8.78 Å². The van der Waals surface area contributed by atoms with Gasteiger partial charge >= 0.3 is 5.97 Å². The highest BCUT2D eigenvalue weighted by molar-refractivity contribution is 5.99. The highest BCUT2D eigenvalue weighted by atomic mass is 19.1. The molecule has 240 valence electrons. The second kappa shape index (κ2) is 12.7. The van der Waals surface area contributed by atoms with Crippen LogP contribution in [0.5, 0.6) is 5.75 Å². The Kier molecular flexibility index (Phi) is 9.48. The number of amides is 1. The van der Waals surface area contributed by atoms with Crippen LogP contribution in [0.25, 0.3) is 10.9 Å². The zero-order valence-electron chi connectivity index (χ0n) is 27.6. The fraction of sp³-hybridized carbons (Fsp3) is 0.405. The molecule has 4 rings (SSSR count). The number of rotatable bonds is 10. The third-order valence-electron chi connectivity index (χ3n) is 8.10. The van der Waals surface area contributed by atoms with E-state index in [-0.39, 0.29) is 22.9 Å². The van der Waals surface area contributed by atoms with Crippen molar-refractivity contribution in [3.05, 3.63) is 99.7 Å². The van der Waals surface area contributed by atoms with Crippen molar-refractivity contribution in [3.8, 4) is 5.75 Å². The Labute approximate surface area is 264 Å². The molecule has 4 aromatic rings. The minimum Gasteiger partial charge on any atom is -0.478 e. The van der Waals surface area contributed by atoms with Crippen molar-refractivity contribution in [1.82, 2.24) is 9.88 Å². The van der Waals surface area contributed by atoms with Gasteiger partial charge in [-0.3, -0.25) is 4.79 Å². The third-order valence-corrected chi connectivity index (χ3v) is 8.10. The molecule has 0 aliphatic heterocycles. The lowest BCUT2D eigenvalue weighted by atomic mass is 9.85. The van der Waals surface area contributed by atoms with E-state index in [1.54, 1.807) is 12.1 Å². The van der Waals surface area contributed by atoms with Crippen molar-refractivity contribution in [2.45, 2.75) is 92.3 Å². The smallest absolute Gasteiger partial charge is 0.347 e. The summed E-state index contributed by atoms with van der Waals surface area (Å²) in [5.74, 6) is -1.81. The average Bonchev–Trinajstić information content (AvgIpc) is 3.16. The van der Waals surface area contributed by atoms with E-state index in [0.29, 0.717) is 35.6 Å². The zero-order chi connectivity index (χ0) is 33.4. The first-order valence-corrected chi connectivity index (χ1v) is 15.3. The van der Waals surface area contributed by atoms with Crippen molar-refractivity contribution in [3.63, 3.8) is 0 Å². The number of nitrogens with zero attached hydrogens (tertiary/aromatic N) is 1. The standard InChI is InChI=1S/C37H44F2N2O4/c1-21(2)20-41-23(4)32(14-24-12-28(38)19-30(13-24)45-37(8,9)35(43)44)31-11-10-25(17-33(31)41)34(42)40-22(3)26-15-27(36(5,6)7)18-29(39)16-26/h10-13,15-19,21-22H,14,20H2,1-9H3,(H,40,42)(H,43,44)/t22-/m0/s1. The number of fused-ring (bicyclic) bond motifs is 1. The quantitative estimate of drug-likeness (QED) is 0.187. The molecule has 0 saturated carbocycles. The number of carbonyl (C=O) groups is 2.